The zero-order valence-corrected chi connectivity index (χ0v) is 18.4. The molecule has 3 aromatic rings. The van der Waals surface area contributed by atoms with Gasteiger partial charge in [-0.3, -0.25) is 4.98 Å². The number of hydrogen-bond donors (Lipinski definition) is 2. The molecule has 1 atom stereocenters. The van der Waals surface area contributed by atoms with Crippen molar-refractivity contribution in [1.82, 2.24) is 15.1 Å². The van der Waals surface area contributed by atoms with Crippen LogP contribution < -0.4 is 0 Å². The van der Waals surface area contributed by atoms with Gasteiger partial charge in [0.15, 0.2) is 0 Å². The summed E-state index contributed by atoms with van der Waals surface area (Å²) in [5.74, 6) is 1.56. The van der Waals surface area contributed by atoms with Gasteiger partial charge >= 0.3 is 0 Å². The van der Waals surface area contributed by atoms with E-state index in [1.807, 2.05) is 32.0 Å². The number of rotatable bonds is 8. The maximum Gasteiger partial charge on any atom is 0.259 e. The molecule has 0 aliphatic rings. The van der Waals surface area contributed by atoms with Crippen molar-refractivity contribution in [3.05, 3.63) is 52.3 Å². The van der Waals surface area contributed by atoms with Gasteiger partial charge in [0.1, 0.15) is 0 Å². The van der Waals surface area contributed by atoms with E-state index >= 15 is 0 Å². The highest BCUT2D eigenvalue weighted by atomic mass is 16.5. The van der Waals surface area contributed by atoms with Gasteiger partial charge in [-0.15, -0.1) is 0 Å². The summed E-state index contributed by atoms with van der Waals surface area (Å²) >= 11 is 0. The molecule has 0 bridgehead atoms. The van der Waals surface area contributed by atoms with Crippen LogP contribution in [0.3, 0.4) is 0 Å². The smallest absolute Gasteiger partial charge is 0.259 e. The number of aliphatic hydroxyl groups is 2. The Hall–Kier alpha value is -2.57. The van der Waals surface area contributed by atoms with Crippen molar-refractivity contribution in [2.45, 2.75) is 60.0 Å². The fourth-order valence-corrected chi connectivity index (χ4v) is 3.70. The normalized spacial score (nSPS) is 12.5. The summed E-state index contributed by atoms with van der Waals surface area (Å²) < 4.78 is 5.52. The number of pyridine rings is 1. The molecular weight excluding hydrogens is 378 g/mol. The number of aromatic nitrogens is 3. The van der Waals surface area contributed by atoms with Crippen LogP contribution in [0.4, 0.5) is 0 Å². The molecule has 6 nitrogen and oxygen atoms in total. The summed E-state index contributed by atoms with van der Waals surface area (Å²) in [6.45, 7) is 10.3. The fraction of sp³-hybridized carbons (Fsp3) is 0.458. The largest absolute Gasteiger partial charge is 0.394 e. The van der Waals surface area contributed by atoms with Crippen LogP contribution in [-0.4, -0.2) is 38.0 Å². The summed E-state index contributed by atoms with van der Waals surface area (Å²) in [4.78, 5) is 9.18. The highest BCUT2D eigenvalue weighted by Gasteiger charge is 2.15. The van der Waals surface area contributed by atoms with E-state index in [0.717, 1.165) is 39.9 Å². The maximum absolute atomic E-state index is 9.64. The second-order valence-electron chi connectivity index (χ2n) is 8.47. The monoisotopic (exact) mass is 409 g/mol. The van der Waals surface area contributed by atoms with Gasteiger partial charge in [-0.2, -0.15) is 4.98 Å². The zero-order valence-electron chi connectivity index (χ0n) is 18.4. The summed E-state index contributed by atoms with van der Waals surface area (Å²) in [6.07, 6.45) is 3.30. The van der Waals surface area contributed by atoms with Crippen molar-refractivity contribution in [2.24, 2.45) is 5.92 Å². The van der Waals surface area contributed by atoms with Crippen LogP contribution >= 0.6 is 0 Å². The topological polar surface area (TPSA) is 92.3 Å². The second-order valence-corrected chi connectivity index (χ2v) is 8.47. The summed E-state index contributed by atoms with van der Waals surface area (Å²) in [5.41, 5.74) is 7.34. The molecule has 1 aromatic carbocycles. The van der Waals surface area contributed by atoms with E-state index < -0.39 is 6.10 Å². The van der Waals surface area contributed by atoms with E-state index in [-0.39, 0.29) is 6.61 Å². The predicted molar refractivity (Wildman–Crippen MR) is 117 cm³/mol. The van der Waals surface area contributed by atoms with Crippen molar-refractivity contribution in [2.75, 3.05) is 6.61 Å². The SMILES string of the molecule is Cc1cc(-c2nc(-c3cc(C)c(CCC(O)CO)c(C)c3)no2)cnc1CC(C)C. The third-order valence-corrected chi connectivity index (χ3v) is 5.35. The quantitative estimate of drug-likeness (QED) is 0.579. The van der Waals surface area contributed by atoms with E-state index in [2.05, 4.69) is 35.9 Å². The van der Waals surface area contributed by atoms with Gasteiger partial charge in [-0.05, 0) is 86.4 Å². The van der Waals surface area contributed by atoms with Gasteiger partial charge in [0.05, 0.1) is 18.3 Å². The van der Waals surface area contributed by atoms with E-state index in [9.17, 15) is 5.11 Å². The first kappa shape index (κ1) is 22.1. The lowest BCUT2D eigenvalue weighted by Crippen LogP contribution is -2.13. The van der Waals surface area contributed by atoms with Crippen molar-refractivity contribution >= 4 is 0 Å². The molecule has 2 heterocycles. The summed E-state index contributed by atoms with van der Waals surface area (Å²) in [6, 6.07) is 6.13. The van der Waals surface area contributed by atoms with Crippen LogP contribution in [0.2, 0.25) is 0 Å². The summed E-state index contributed by atoms with van der Waals surface area (Å²) in [5, 5.41) is 22.8. The zero-order chi connectivity index (χ0) is 21.8. The molecule has 0 saturated heterocycles. The van der Waals surface area contributed by atoms with Crippen LogP contribution in [0, 0.1) is 26.7 Å². The molecule has 30 heavy (non-hydrogen) atoms. The minimum Gasteiger partial charge on any atom is -0.394 e. The van der Waals surface area contributed by atoms with Gasteiger partial charge < -0.3 is 14.7 Å². The predicted octanol–water partition coefficient (Wildman–Crippen LogP) is 4.21. The number of benzene rings is 1. The van der Waals surface area contributed by atoms with Crippen molar-refractivity contribution in [3.8, 4) is 22.8 Å². The number of nitrogens with zero attached hydrogens (tertiary/aromatic N) is 3. The average molecular weight is 410 g/mol. The molecular formula is C24H31N3O3. The Labute approximate surface area is 178 Å². The molecule has 0 fully saturated rings. The lowest BCUT2D eigenvalue weighted by molar-refractivity contribution is 0.0885. The second kappa shape index (κ2) is 9.49. The van der Waals surface area contributed by atoms with Crippen molar-refractivity contribution in [1.29, 1.82) is 0 Å². The van der Waals surface area contributed by atoms with Gasteiger partial charge in [0.2, 0.25) is 5.82 Å². The van der Waals surface area contributed by atoms with Gasteiger partial charge in [-0.25, -0.2) is 0 Å². The van der Waals surface area contributed by atoms with E-state index in [1.165, 1.54) is 5.56 Å². The van der Waals surface area contributed by atoms with Gasteiger partial charge in [0.25, 0.3) is 5.89 Å². The first-order valence-electron chi connectivity index (χ1n) is 10.5. The minimum atomic E-state index is -0.688. The van der Waals surface area contributed by atoms with E-state index in [4.69, 9.17) is 9.63 Å². The molecule has 0 radical (unpaired) electrons. The average Bonchev–Trinajstić information content (AvgIpc) is 3.18. The van der Waals surface area contributed by atoms with Crippen molar-refractivity contribution in [3.63, 3.8) is 0 Å². The Balaban J connectivity index is 1.83. The third kappa shape index (κ3) is 5.12. The highest BCUT2D eigenvalue weighted by molar-refractivity contribution is 5.62. The Kier molecular flexibility index (Phi) is 7.00. The van der Waals surface area contributed by atoms with Gasteiger partial charge in [0, 0.05) is 17.5 Å². The highest BCUT2D eigenvalue weighted by Crippen LogP contribution is 2.27. The number of hydrogen-bond acceptors (Lipinski definition) is 6. The van der Waals surface area contributed by atoms with E-state index in [1.54, 1.807) is 6.20 Å². The minimum absolute atomic E-state index is 0.214. The summed E-state index contributed by atoms with van der Waals surface area (Å²) in [7, 11) is 0. The molecule has 1 unspecified atom stereocenters. The molecule has 160 valence electrons. The molecule has 6 heteroatoms. The molecule has 0 spiro atoms. The van der Waals surface area contributed by atoms with Crippen LogP contribution in [-0.2, 0) is 12.8 Å². The Morgan fingerprint density at radius 3 is 2.27 bits per heavy atom. The molecule has 2 N–H and O–H groups in total. The first-order chi connectivity index (χ1) is 14.3. The van der Waals surface area contributed by atoms with Gasteiger partial charge in [-0.1, -0.05) is 19.0 Å². The molecule has 0 saturated carbocycles. The Morgan fingerprint density at radius 1 is 1.00 bits per heavy atom. The standard InChI is InChI=1S/C24H31N3O3/c1-14(2)8-22-17(5)11-19(12-25-22)24-26-23(27-30-24)18-9-15(3)21(16(4)10-18)7-6-20(29)13-28/h9-12,14,20,28-29H,6-8,13H2,1-5H3. The molecule has 2 aromatic heterocycles. The van der Waals surface area contributed by atoms with Crippen LogP contribution in [0.5, 0.6) is 0 Å². The van der Waals surface area contributed by atoms with Crippen LogP contribution in [0.15, 0.2) is 28.9 Å². The maximum atomic E-state index is 9.64. The number of aliphatic hydroxyl groups excluding tert-OH is 2. The fourth-order valence-electron chi connectivity index (χ4n) is 3.70. The molecule has 0 aliphatic carbocycles. The number of aryl methyl sites for hydroxylation is 3. The molecule has 3 rings (SSSR count). The lowest BCUT2D eigenvalue weighted by Gasteiger charge is -2.13. The lowest BCUT2D eigenvalue weighted by atomic mass is 9.94. The van der Waals surface area contributed by atoms with Crippen LogP contribution in [0.25, 0.3) is 22.8 Å². The third-order valence-electron chi connectivity index (χ3n) is 5.35. The van der Waals surface area contributed by atoms with Crippen molar-refractivity contribution < 1.29 is 14.7 Å². The molecule has 0 aliphatic heterocycles. The first-order valence-corrected chi connectivity index (χ1v) is 10.5. The van der Waals surface area contributed by atoms with Crippen LogP contribution in [0.1, 0.15) is 48.2 Å². The molecule has 0 amide bonds. The Bertz CT molecular complexity index is 988. The Morgan fingerprint density at radius 2 is 1.67 bits per heavy atom. The van der Waals surface area contributed by atoms with E-state index in [0.29, 0.717) is 30.5 Å².